The van der Waals surface area contributed by atoms with Gasteiger partial charge in [0.15, 0.2) is 0 Å². The molecule has 0 atom stereocenters. The Labute approximate surface area is 175 Å². The van der Waals surface area contributed by atoms with Crippen molar-refractivity contribution in [3.8, 4) is 5.75 Å². The fourth-order valence-corrected chi connectivity index (χ4v) is 3.55. The van der Waals surface area contributed by atoms with Gasteiger partial charge in [-0.3, -0.25) is 9.69 Å². The molecule has 1 aliphatic rings. The van der Waals surface area contributed by atoms with Gasteiger partial charge in [0.25, 0.3) is 5.91 Å². The predicted molar refractivity (Wildman–Crippen MR) is 112 cm³/mol. The highest BCUT2D eigenvalue weighted by molar-refractivity contribution is 6.30. The van der Waals surface area contributed by atoms with E-state index in [-0.39, 0.29) is 5.91 Å². The van der Waals surface area contributed by atoms with Crippen LogP contribution in [0.15, 0.2) is 42.5 Å². The van der Waals surface area contributed by atoms with E-state index in [1.807, 2.05) is 35.2 Å². The molecule has 0 unspecified atom stereocenters. The third kappa shape index (κ3) is 5.62. The summed E-state index contributed by atoms with van der Waals surface area (Å²) in [6.07, 6.45) is 0. The van der Waals surface area contributed by atoms with Gasteiger partial charge in [0, 0.05) is 55.4 Å². The standard InChI is InChI=1S/C21H25ClN4O3/c1-29-19-7-6-18(22)12-17(19)14-25-8-10-26(11-9-25)20(27)16-4-2-15(3-5-16)13-24-21(23)28/h2-7,12H,8-11,13-14H2,1H3,(H3,23,24,28). The van der Waals surface area contributed by atoms with Crippen LogP contribution in [-0.4, -0.2) is 55.0 Å². The number of carbonyl (C=O) groups excluding carboxylic acids is 2. The molecular formula is C21H25ClN4O3. The Balaban J connectivity index is 1.54. The van der Waals surface area contributed by atoms with E-state index in [9.17, 15) is 9.59 Å². The number of ether oxygens (including phenoxy) is 1. The molecule has 3 rings (SSSR count). The minimum absolute atomic E-state index is 0.0133. The summed E-state index contributed by atoms with van der Waals surface area (Å²) in [6, 6.07) is 12.3. The number of methoxy groups -OCH3 is 1. The summed E-state index contributed by atoms with van der Waals surface area (Å²) in [6.45, 7) is 3.95. The topological polar surface area (TPSA) is 87.9 Å². The molecule has 0 bridgehead atoms. The number of primary amides is 1. The van der Waals surface area contributed by atoms with Crippen LogP contribution in [0.25, 0.3) is 0 Å². The Bertz CT molecular complexity index is 865. The van der Waals surface area contributed by atoms with E-state index < -0.39 is 6.03 Å². The number of halogens is 1. The Morgan fingerprint density at radius 2 is 1.79 bits per heavy atom. The Morgan fingerprint density at radius 1 is 1.10 bits per heavy atom. The van der Waals surface area contributed by atoms with Gasteiger partial charge in [0.05, 0.1) is 7.11 Å². The summed E-state index contributed by atoms with van der Waals surface area (Å²) in [5.74, 6) is 0.832. The first-order valence-corrected chi connectivity index (χ1v) is 9.80. The number of nitrogens with one attached hydrogen (secondary N) is 1. The molecule has 1 aliphatic heterocycles. The summed E-state index contributed by atoms with van der Waals surface area (Å²) >= 11 is 6.12. The van der Waals surface area contributed by atoms with Crippen LogP contribution in [0.2, 0.25) is 5.02 Å². The molecule has 0 aromatic heterocycles. The van der Waals surface area contributed by atoms with Crippen LogP contribution in [0.5, 0.6) is 5.75 Å². The van der Waals surface area contributed by atoms with E-state index in [1.165, 1.54) is 0 Å². The lowest BCUT2D eigenvalue weighted by molar-refractivity contribution is 0.0627. The molecule has 1 heterocycles. The predicted octanol–water partition coefficient (Wildman–Crippen LogP) is 2.47. The van der Waals surface area contributed by atoms with Crippen LogP contribution in [0, 0.1) is 0 Å². The van der Waals surface area contributed by atoms with Gasteiger partial charge >= 0.3 is 6.03 Å². The van der Waals surface area contributed by atoms with E-state index in [0.717, 1.165) is 36.5 Å². The smallest absolute Gasteiger partial charge is 0.312 e. The molecule has 1 fully saturated rings. The van der Waals surface area contributed by atoms with Crippen molar-refractivity contribution in [1.82, 2.24) is 15.1 Å². The Kier molecular flexibility index (Phi) is 6.95. The number of nitrogens with zero attached hydrogens (tertiary/aromatic N) is 2. The van der Waals surface area contributed by atoms with Gasteiger partial charge in [-0.25, -0.2) is 4.79 Å². The molecule has 8 heteroatoms. The summed E-state index contributed by atoms with van der Waals surface area (Å²) in [4.78, 5) is 27.7. The lowest BCUT2D eigenvalue weighted by Gasteiger charge is -2.35. The number of amides is 3. The molecule has 0 aliphatic carbocycles. The van der Waals surface area contributed by atoms with Gasteiger partial charge in [0.2, 0.25) is 0 Å². The lowest BCUT2D eigenvalue weighted by Crippen LogP contribution is -2.48. The van der Waals surface area contributed by atoms with Crippen LogP contribution in [-0.2, 0) is 13.1 Å². The fourth-order valence-electron chi connectivity index (χ4n) is 3.36. The molecule has 2 aromatic carbocycles. The second kappa shape index (κ2) is 9.62. The van der Waals surface area contributed by atoms with E-state index in [2.05, 4.69) is 10.2 Å². The zero-order valence-electron chi connectivity index (χ0n) is 16.4. The highest BCUT2D eigenvalue weighted by Crippen LogP contribution is 2.24. The van der Waals surface area contributed by atoms with Crippen molar-refractivity contribution in [3.63, 3.8) is 0 Å². The van der Waals surface area contributed by atoms with Crippen molar-refractivity contribution in [2.24, 2.45) is 5.73 Å². The average Bonchev–Trinajstić information content (AvgIpc) is 2.73. The van der Waals surface area contributed by atoms with Crippen molar-refractivity contribution >= 4 is 23.5 Å². The number of hydrogen-bond donors (Lipinski definition) is 2. The zero-order valence-corrected chi connectivity index (χ0v) is 17.1. The number of carbonyl (C=O) groups is 2. The molecular weight excluding hydrogens is 392 g/mol. The summed E-state index contributed by atoms with van der Waals surface area (Å²) in [5.41, 5.74) is 7.64. The largest absolute Gasteiger partial charge is 0.496 e. The third-order valence-electron chi connectivity index (χ3n) is 4.96. The molecule has 29 heavy (non-hydrogen) atoms. The van der Waals surface area contributed by atoms with Crippen LogP contribution >= 0.6 is 11.6 Å². The molecule has 3 N–H and O–H groups in total. The molecule has 0 radical (unpaired) electrons. The maximum absolute atomic E-state index is 12.8. The monoisotopic (exact) mass is 416 g/mol. The minimum atomic E-state index is -0.571. The first kappa shape index (κ1) is 21.0. The Hall–Kier alpha value is -2.77. The number of urea groups is 1. The van der Waals surface area contributed by atoms with Gasteiger partial charge in [-0.05, 0) is 35.9 Å². The Morgan fingerprint density at radius 3 is 2.41 bits per heavy atom. The average molecular weight is 417 g/mol. The van der Waals surface area contributed by atoms with E-state index in [0.29, 0.717) is 30.2 Å². The number of hydrogen-bond acceptors (Lipinski definition) is 4. The van der Waals surface area contributed by atoms with Gasteiger partial charge < -0.3 is 20.7 Å². The van der Waals surface area contributed by atoms with Gasteiger partial charge in [0.1, 0.15) is 5.75 Å². The second-order valence-electron chi connectivity index (χ2n) is 6.94. The summed E-state index contributed by atoms with van der Waals surface area (Å²) in [5, 5.41) is 3.22. The zero-order chi connectivity index (χ0) is 20.8. The minimum Gasteiger partial charge on any atom is -0.496 e. The van der Waals surface area contributed by atoms with E-state index in [4.69, 9.17) is 22.1 Å². The van der Waals surface area contributed by atoms with E-state index in [1.54, 1.807) is 19.2 Å². The van der Waals surface area contributed by atoms with Crippen molar-refractivity contribution in [2.45, 2.75) is 13.1 Å². The third-order valence-corrected chi connectivity index (χ3v) is 5.20. The first-order valence-electron chi connectivity index (χ1n) is 9.42. The quantitative estimate of drug-likeness (QED) is 0.757. The van der Waals surface area contributed by atoms with Crippen LogP contribution in [0.1, 0.15) is 21.5 Å². The van der Waals surface area contributed by atoms with Crippen molar-refractivity contribution in [2.75, 3.05) is 33.3 Å². The van der Waals surface area contributed by atoms with Crippen LogP contribution in [0.3, 0.4) is 0 Å². The van der Waals surface area contributed by atoms with Crippen molar-refractivity contribution in [3.05, 3.63) is 64.2 Å². The summed E-state index contributed by atoms with van der Waals surface area (Å²) < 4.78 is 5.42. The summed E-state index contributed by atoms with van der Waals surface area (Å²) in [7, 11) is 1.65. The molecule has 1 saturated heterocycles. The normalized spacial score (nSPS) is 14.5. The maximum atomic E-state index is 12.8. The van der Waals surface area contributed by atoms with Gasteiger partial charge in [-0.2, -0.15) is 0 Å². The second-order valence-corrected chi connectivity index (χ2v) is 7.38. The van der Waals surface area contributed by atoms with Crippen molar-refractivity contribution < 1.29 is 14.3 Å². The molecule has 2 aromatic rings. The number of benzene rings is 2. The maximum Gasteiger partial charge on any atom is 0.312 e. The SMILES string of the molecule is COc1ccc(Cl)cc1CN1CCN(C(=O)c2ccc(CNC(N)=O)cc2)CC1. The molecule has 3 amide bonds. The van der Waals surface area contributed by atoms with E-state index >= 15 is 0 Å². The van der Waals surface area contributed by atoms with Crippen LogP contribution < -0.4 is 15.8 Å². The van der Waals surface area contributed by atoms with Gasteiger partial charge in [-0.15, -0.1) is 0 Å². The number of piperazine rings is 1. The molecule has 154 valence electrons. The van der Waals surface area contributed by atoms with Crippen molar-refractivity contribution in [1.29, 1.82) is 0 Å². The number of nitrogens with two attached hydrogens (primary N) is 1. The highest BCUT2D eigenvalue weighted by Gasteiger charge is 2.23. The number of rotatable bonds is 6. The van der Waals surface area contributed by atoms with Gasteiger partial charge in [-0.1, -0.05) is 23.7 Å². The molecule has 0 saturated carbocycles. The van der Waals surface area contributed by atoms with Crippen LogP contribution in [0.4, 0.5) is 4.79 Å². The first-order chi connectivity index (χ1) is 14.0. The molecule has 0 spiro atoms. The molecule has 7 nitrogen and oxygen atoms in total. The fraction of sp³-hybridized carbons (Fsp3) is 0.333. The lowest BCUT2D eigenvalue weighted by atomic mass is 10.1. The highest BCUT2D eigenvalue weighted by atomic mass is 35.5.